The highest BCUT2D eigenvalue weighted by molar-refractivity contribution is 5.72. The third kappa shape index (κ3) is 7.05. The molecule has 12 heavy (non-hydrogen) atoms. The SMILES string of the molecule is C\C=C(C)/N=C\C=C\C(F)(F)F. The van der Waals surface area contributed by atoms with E-state index >= 15 is 0 Å². The smallest absolute Gasteiger partial charge is 0.262 e. The van der Waals surface area contributed by atoms with Gasteiger partial charge < -0.3 is 0 Å². The Hall–Kier alpha value is -1.06. The molecule has 0 rings (SSSR count). The fourth-order valence-electron chi connectivity index (χ4n) is 0.387. The van der Waals surface area contributed by atoms with Gasteiger partial charge in [0, 0.05) is 18.0 Å². The largest absolute Gasteiger partial charge is 0.409 e. The molecule has 0 aromatic carbocycles. The van der Waals surface area contributed by atoms with Gasteiger partial charge in [0.05, 0.1) is 0 Å². The Morgan fingerprint density at radius 2 is 1.92 bits per heavy atom. The van der Waals surface area contributed by atoms with Crippen LogP contribution in [0.5, 0.6) is 0 Å². The van der Waals surface area contributed by atoms with Gasteiger partial charge in [-0.25, -0.2) is 0 Å². The first-order valence-corrected chi connectivity index (χ1v) is 3.37. The van der Waals surface area contributed by atoms with Crippen molar-refractivity contribution in [3.05, 3.63) is 23.9 Å². The lowest BCUT2D eigenvalue weighted by Crippen LogP contribution is -2.00. The molecule has 0 aromatic rings. The third-order valence-electron chi connectivity index (χ3n) is 1.07. The summed E-state index contributed by atoms with van der Waals surface area (Å²) in [5, 5.41) is 0. The van der Waals surface area contributed by atoms with E-state index in [9.17, 15) is 13.2 Å². The van der Waals surface area contributed by atoms with Crippen molar-refractivity contribution in [1.82, 2.24) is 0 Å². The predicted octanol–water partition coefficient (Wildman–Crippen LogP) is 3.10. The third-order valence-corrected chi connectivity index (χ3v) is 1.07. The van der Waals surface area contributed by atoms with Gasteiger partial charge in [-0.2, -0.15) is 13.2 Å². The first-order valence-electron chi connectivity index (χ1n) is 3.37. The maximum Gasteiger partial charge on any atom is 0.409 e. The van der Waals surface area contributed by atoms with Crippen molar-refractivity contribution in [2.75, 3.05) is 0 Å². The van der Waals surface area contributed by atoms with Crippen LogP contribution in [0.4, 0.5) is 13.2 Å². The van der Waals surface area contributed by atoms with E-state index in [4.69, 9.17) is 0 Å². The van der Waals surface area contributed by atoms with E-state index in [2.05, 4.69) is 4.99 Å². The van der Waals surface area contributed by atoms with Crippen LogP contribution in [0.15, 0.2) is 28.9 Å². The zero-order valence-corrected chi connectivity index (χ0v) is 6.89. The fraction of sp³-hybridized carbons (Fsp3) is 0.375. The Morgan fingerprint density at radius 1 is 1.33 bits per heavy atom. The molecule has 0 aliphatic carbocycles. The molecule has 1 nitrogen and oxygen atoms in total. The number of aliphatic imine (C=N–C) groups is 1. The van der Waals surface area contributed by atoms with Gasteiger partial charge in [0.15, 0.2) is 0 Å². The molecule has 0 aliphatic rings. The van der Waals surface area contributed by atoms with E-state index in [1.165, 1.54) is 0 Å². The zero-order valence-electron chi connectivity index (χ0n) is 6.89. The summed E-state index contributed by atoms with van der Waals surface area (Å²) in [4.78, 5) is 3.70. The highest BCUT2D eigenvalue weighted by atomic mass is 19.4. The Balaban J connectivity index is 3.99. The summed E-state index contributed by atoms with van der Waals surface area (Å²) < 4.78 is 34.5. The number of allylic oxidation sites excluding steroid dienone is 4. The number of hydrogen-bond donors (Lipinski definition) is 0. The quantitative estimate of drug-likeness (QED) is 0.574. The lowest BCUT2D eigenvalue weighted by Gasteiger charge is -1.94. The van der Waals surface area contributed by atoms with E-state index in [0.717, 1.165) is 12.3 Å². The number of halogens is 3. The zero-order chi connectivity index (χ0) is 9.61. The van der Waals surface area contributed by atoms with Crippen LogP contribution in [0, 0.1) is 0 Å². The monoisotopic (exact) mass is 177 g/mol. The van der Waals surface area contributed by atoms with Gasteiger partial charge >= 0.3 is 6.18 Å². The molecular formula is C8H10F3N. The summed E-state index contributed by atoms with van der Waals surface area (Å²) in [5.74, 6) is 0. The lowest BCUT2D eigenvalue weighted by molar-refractivity contribution is -0.0797. The maximum absolute atomic E-state index is 11.5. The summed E-state index contributed by atoms with van der Waals surface area (Å²) in [6.07, 6.45) is -0.428. The van der Waals surface area contributed by atoms with E-state index in [1.54, 1.807) is 19.9 Å². The van der Waals surface area contributed by atoms with Gasteiger partial charge in [-0.05, 0) is 19.9 Å². The molecule has 0 unspecified atom stereocenters. The van der Waals surface area contributed by atoms with E-state index in [-0.39, 0.29) is 6.08 Å². The summed E-state index contributed by atoms with van der Waals surface area (Å²) in [5.41, 5.74) is 0.682. The van der Waals surface area contributed by atoms with Crippen LogP contribution in [0.25, 0.3) is 0 Å². The summed E-state index contributed by atoms with van der Waals surface area (Å²) in [6.45, 7) is 3.47. The molecule has 0 N–H and O–H groups in total. The van der Waals surface area contributed by atoms with Crippen molar-refractivity contribution >= 4 is 6.21 Å². The van der Waals surface area contributed by atoms with Crippen LogP contribution in [-0.4, -0.2) is 12.4 Å². The second-order valence-corrected chi connectivity index (χ2v) is 2.11. The molecule has 0 heterocycles. The minimum atomic E-state index is -4.25. The molecule has 0 aromatic heterocycles. The van der Waals surface area contributed by atoms with E-state index in [0.29, 0.717) is 5.70 Å². The van der Waals surface area contributed by atoms with Gasteiger partial charge in [0.1, 0.15) is 0 Å². The lowest BCUT2D eigenvalue weighted by atomic mass is 10.4. The minimum absolute atomic E-state index is 0.138. The van der Waals surface area contributed by atoms with Crippen LogP contribution in [0.2, 0.25) is 0 Å². The number of alkyl halides is 3. The van der Waals surface area contributed by atoms with Gasteiger partial charge in [0.25, 0.3) is 0 Å². The van der Waals surface area contributed by atoms with Crippen LogP contribution in [0.1, 0.15) is 13.8 Å². The van der Waals surface area contributed by atoms with Crippen molar-refractivity contribution in [2.45, 2.75) is 20.0 Å². The first-order chi connectivity index (χ1) is 5.45. The second kappa shape index (κ2) is 4.74. The molecule has 0 fully saturated rings. The highest BCUT2D eigenvalue weighted by Gasteiger charge is 2.21. The van der Waals surface area contributed by atoms with Gasteiger partial charge in [-0.3, -0.25) is 4.99 Å². The fourth-order valence-corrected chi connectivity index (χ4v) is 0.387. The summed E-state index contributed by atoms with van der Waals surface area (Å²) in [6, 6.07) is 0. The number of nitrogens with zero attached hydrogens (tertiary/aromatic N) is 1. The average Bonchev–Trinajstić information content (AvgIpc) is 1.96. The van der Waals surface area contributed by atoms with Crippen LogP contribution in [0.3, 0.4) is 0 Å². The van der Waals surface area contributed by atoms with Crippen LogP contribution < -0.4 is 0 Å². The molecule has 68 valence electrons. The van der Waals surface area contributed by atoms with E-state index < -0.39 is 6.18 Å². The summed E-state index contributed by atoms with van der Waals surface area (Å²) >= 11 is 0. The van der Waals surface area contributed by atoms with Crippen LogP contribution >= 0.6 is 0 Å². The molecule has 4 heteroatoms. The van der Waals surface area contributed by atoms with Crippen molar-refractivity contribution < 1.29 is 13.2 Å². The first kappa shape index (κ1) is 10.9. The van der Waals surface area contributed by atoms with Crippen molar-refractivity contribution in [3.8, 4) is 0 Å². The number of rotatable bonds is 2. The van der Waals surface area contributed by atoms with Crippen molar-refractivity contribution in [3.63, 3.8) is 0 Å². The van der Waals surface area contributed by atoms with Crippen LogP contribution in [-0.2, 0) is 0 Å². The van der Waals surface area contributed by atoms with Gasteiger partial charge in [0.2, 0.25) is 0 Å². The normalized spacial score (nSPS) is 14.9. The molecular weight excluding hydrogens is 167 g/mol. The molecule has 0 amide bonds. The van der Waals surface area contributed by atoms with Crippen molar-refractivity contribution in [2.24, 2.45) is 4.99 Å². The van der Waals surface area contributed by atoms with Gasteiger partial charge in [-0.15, -0.1) is 0 Å². The molecule has 0 radical (unpaired) electrons. The molecule has 0 aliphatic heterocycles. The number of hydrogen-bond acceptors (Lipinski definition) is 1. The Kier molecular flexibility index (Phi) is 4.33. The Bertz CT molecular complexity index is 211. The molecule has 0 bridgehead atoms. The predicted molar refractivity (Wildman–Crippen MR) is 43.1 cm³/mol. The van der Waals surface area contributed by atoms with E-state index in [1.807, 2.05) is 0 Å². The molecule has 0 spiro atoms. The molecule has 0 atom stereocenters. The Labute approximate surface area is 69.3 Å². The Morgan fingerprint density at radius 3 is 2.33 bits per heavy atom. The highest BCUT2D eigenvalue weighted by Crippen LogP contribution is 2.15. The topological polar surface area (TPSA) is 12.4 Å². The summed E-state index contributed by atoms with van der Waals surface area (Å²) in [7, 11) is 0. The van der Waals surface area contributed by atoms with Crippen molar-refractivity contribution in [1.29, 1.82) is 0 Å². The minimum Gasteiger partial charge on any atom is -0.262 e. The standard InChI is InChI=1S/C8H10F3N/c1-3-7(2)12-6-4-5-8(9,10)11/h3-6H,1-2H3/b5-4+,7-3-,12-6-. The molecule has 0 saturated heterocycles. The average molecular weight is 177 g/mol. The molecule has 0 saturated carbocycles. The second-order valence-electron chi connectivity index (χ2n) is 2.11. The van der Waals surface area contributed by atoms with Gasteiger partial charge in [-0.1, -0.05) is 6.08 Å². The maximum atomic E-state index is 11.5.